The van der Waals surface area contributed by atoms with Gasteiger partial charge < -0.3 is 5.32 Å². The summed E-state index contributed by atoms with van der Waals surface area (Å²) in [6.45, 7) is 1.51. The molecule has 0 atom stereocenters. The zero-order valence-corrected chi connectivity index (χ0v) is 8.96. The molecular formula is C9H10INO. The van der Waals surface area contributed by atoms with E-state index in [9.17, 15) is 4.79 Å². The molecule has 2 nitrogen and oxygen atoms in total. The molecule has 1 N–H and O–H groups in total. The van der Waals surface area contributed by atoms with Crippen molar-refractivity contribution in [2.45, 2.75) is 11.4 Å². The molecule has 64 valence electrons. The van der Waals surface area contributed by atoms with Gasteiger partial charge in [-0.25, -0.2) is 0 Å². The van der Waals surface area contributed by atoms with Crippen molar-refractivity contribution in [1.82, 2.24) is 0 Å². The highest BCUT2D eigenvalue weighted by Crippen LogP contribution is 2.11. The molecule has 0 aliphatic heterocycles. The van der Waals surface area contributed by atoms with Crippen LogP contribution in [0.2, 0.25) is 0 Å². The van der Waals surface area contributed by atoms with Gasteiger partial charge >= 0.3 is 0 Å². The van der Waals surface area contributed by atoms with Crippen LogP contribution < -0.4 is 5.32 Å². The molecule has 0 radical (unpaired) electrons. The average molecular weight is 275 g/mol. The van der Waals surface area contributed by atoms with Crippen molar-refractivity contribution in [3.05, 3.63) is 29.8 Å². The van der Waals surface area contributed by atoms with E-state index in [1.54, 1.807) is 0 Å². The maximum absolute atomic E-state index is 10.7. The van der Waals surface area contributed by atoms with Gasteiger partial charge in [-0.2, -0.15) is 0 Å². The second kappa shape index (κ2) is 4.45. The summed E-state index contributed by atoms with van der Waals surface area (Å²) in [5, 5.41) is 2.71. The summed E-state index contributed by atoms with van der Waals surface area (Å²) in [4.78, 5) is 10.7. The lowest BCUT2D eigenvalue weighted by Crippen LogP contribution is -2.05. The van der Waals surface area contributed by atoms with Gasteiger partial charge in [0.05, 0.1) is 0 Å². The van der Waals surface area contributed by atoms with Gasteiger partial charge in [0, 0.05) is 17.0 Å². The van der Waals surface area contributed by atoms with Crippen LogP contribution in [0.15, 0.2) is 24.3 Å². The fourth-order valence-corrected chi connectivity index (χ4v) is 1.39. The highest BCUT2D eigenvalue weighted by atomic mass is 127. The van der Waals surface area contributed by atoms with Crippen molar-refractivity contribution in [2.75, 3.05) is 5.32 Å². The lowest BCUT2D eigenvalue weighted by Gasteiger charge is -2.01. The second-order valence-electron chi connectivity index (χ2n) is 2.51. The summed E-state index contributed by atoms with van der Waals surface area (Å²) >= 11 is 2.30. The molecule has 0 aromatic heterocycles. The Bertz CT molecular complexity index is 268. The number of hydrogen-bond acceptors (Lipinski definition) is 1. The van der Waals surface area contributed by atoms with E-state index in [0.29, 0.717) is 0 Å². The third-order valence-corrected chi connectivity index (χ3v) is 2.31. The van der Waals surface area contributed by atoms with E-state index in [-0.39, 0.29) is 5.91 Å². The molecule has 1 aromatic rings. The zero-order chi connectivity index (χ0) is 8.97. The number of hydrogen-bond donors (Lipinski definition) is 1. The maximum atomic E-state index is 10.7. The van der Waals surface area contributed by atoms with Gasteiger partial charge in [-0.3, -0.25) is 4.79 Å². The molecule has 12 heavy (non-hydrogen) atoms. The normalized spacial score (nSPS) is 9.50. The fourth-order valence-electron chi connectivity index (χ4n) is 0.880. The first-order chi connectivity index (χ1) is 5.72. The number of benzene rings is 1. The quantitative estimate of drug-likeness (QED) is 0.652. The predicted molar refractivity (Wildman–Crippen MR) is 58.5 cm³/mol. The number of carbonyl (C=O) groups excluding carboxylic acids is 1. The molecule has 0 aliphatic rings. The molecule has 0 heterocycles. The Morgan fingerprint density at radius 1 is 1.42 bits per heavy atom. The molecule has 1 rings (SSSR count). The minimum Gasteiger partial charge on any atom is -0.326 e. The number of nitrogens with one attached hydrogen (secondary N) is 1. The van der Waals surface area contributed by atoms with Crippen molar-refractivity contribution >= 4 is 34.2 Å². The van der Waals surface area contributed by atoms with Crippen molar-refractivity contribution in [2.24, 2.45) is 0 Å². The number of anilines is 1. The Balaban J connectivity index is 2.71. The fraction of sp³-hybridized carbons (Fsp3) is 0.222. The molecule has 0 saturated carbocycles. The minimum atomic E-state index is -0.0303. The van der Waals surface area contributed by atoms with Crippen LogP contribution in [0.1, 0.15) is 12.5 Å². The van der Waals surface area contributed by atoms with E-state index < -0.39 is 0 Å². The largest absolute Gasteiger partial charge is 0.326 e. The lowest BCUT2D eigenvalue weighted by atomic mass is 10.2. The van der Waals surface area contributed by atoms with Gasteiger partial charge in [0.2, 0.25) is 5.91 Å². The topological polar surface area (TPSA) is 29.1 Å². The Hall–Kier alpha value is -0.580. The van der Waals surface area contributed by atoms with Gasteiger partial charge in [-0.1, -0.05) is 34.7 Å². The van der Waals surface area contributed by atoms with E-state index in [1.165, 1.54) is 12.5 Å². The Morgan fingerprint density at radius 3 is 2.42 bits per heavy atom. The van der Waals surface area contributed by atoms with Crippen LogP contribution in [0.25, 0.3) is 0 Å². The van der Waals surface area contributed by atoms with E-state index in [1.807, 2.05) is 24.3 Å². The third-order valence-electron chi connectivity index (χ3n) is 1.43. The smallest absolute Gasteiger partial charge is 0.221 e. The summed E-state index contributed by atoms with van der Waals surface area (Å²) in [5.74, 6) is -0.0303. The molecule has 3 heteroatoms. The van der Waals surface area contributed by atoms with Crippen molar-refractivity contribution in [3.63, 3.8) is 0 Å². The summed E-state index contributed by atoms with van der Waals surface area (Å²) in [6.07, 6.45) is 0. The van der Waals surface area contributed by atoms with Gasteiger partial charge in [0.25, 0.3) is 0 Å². The van der Waals surface area contributed by atoms with Crippen LogP contribution in [0.4, 0.5) is 5.69 Å². The van der Waals surface area contributed by atoms with Crippen molar-refractivity contribution in [3.8, 4) is 0 Å². The van der Waals surface area contributed by atoms with Crippen LogP contribution >= 0.6 is 22.6 Å². The molecule has 0 aliphatic carbocycles. The van der Waals surface area contributed by atoms with E-state index >= 15 is 0 Å². The number of amides is 1. The van der Waals surface area contributed by atoms with E-state index in [2.05, 4.69) is 27.9 Å². The standard InChI is InChI=1S/C9H10INO/c1-7(12)11-9-4-2-8(6-10)3-5-9/h2-5H,6H2,1H3,(H,11,12). The van der Waals surface area contributed by atoms with Crippen molar-refractivity contribution in [1.29, 1.82) is 0 Å². The van der Waals surface area contributed by atoms with Crippen LogP contribution in [0, 0.1) is 0 Å². The predicted octanol–water partition coefficient (Wildman–Crippen LogP) is 2.58. The number of halogens is 1. The Labute approximate surface area is 85.5 Å². The average Bonchev–Trinajstić information content (AvgIpc) is 2.05. The summed E-state index contributed by atoms with van der Waals surface area (Å²) < 4.78 is 0.998. The lowest BCUT2D eigenvalue weighted by molar-refractivity contribution is -0.114. The summed E-state index contributed by atoms with van der Waals surface area (Å²) in [6, 6.07) is 7.85. The van der Waals surface area contributed by atoms with Crippen LogP contribution in [0.3, 0.4) is 0 Å². The van der Waals surface area contributed by atoms with E-state index in [0.717, 1.165) is 10.1 Å². The minimum absolute atomic E-state index is 0.0303. The number of rotatable bonds is 2. The van der Waals surface area contributed by atoms with Gasteiger partial charge in [0.15, 0.2) is 0 Å². The molecule has 0 bridgehead atoms. The highest BCUT2D eigenvalue weighted by Gasteiger charge is 1.94. The molecular weight excluding hydrogens is 265 g/mol. The van der Waals surface area contributed by atoms with Gasteiger partial charge in [-0.05, 0) is 17.7 Å². The highest BCUT2D eigenvalue weighted by molar-refractivity contribution is 14.1. The van der Waals surface area contributed by atoms with Crippen LogP contribution in [-0.4, -0.2) is 5.91 Å². The first kappa shape index (κ1) is 9.51. The molecule has 1 aromatic carbocycles. The molecule has 0 saturated heterocycles. The first-order valence-electron chi connectivity index (χ1n) is 3.65. The SMILES string of the molecule is CC(=O)Nc1ccc(CI)cc1. The summed E-state index contributed by atoms with van der Waals surface area (Å²) in [5.41, 5.74) is 2.13. The van der Waals surface area contributed by atoms with Crippen LogP contribution in [0.5, 0.6) is 0 Å². The molecule has 0 unspecified atom stereocenters. The third kappa shape index (κ3) is 2.81. The van der Waals surface area contributed by atoms with Gasteiger partial charge in [-0.15, -0.1) is 0 Å². The molecule has 0 fully saturated rings. The van der Waals surface area contributed by atoms with E-state index in [4.69, 9.17) is 0 Å². The monoisotopic (exact) mass is 275 g/mol. The number of alkyl halides is 1. The van der Waals surface area contributed by atoms with Gasteiger partial charge in [0.1, 0.15) is 0 Å². The maximum Gasteiger partial charge on any atom is 0.221 e. The Morgan fingerprint density at radius 2 is 2.00 bits per heavy atom. The first-order valence-corrected chi connectivity index (χ1v) is 5.17. The number of carbonyl (C=O) groups is 1. The summed E-state index contributed by atoms with van der Waals surface area (Å²) in [7, 11) is 0. The van der Waals surface area contributed by atoms with Crippen molar-refractivity contribution < 1.29 is 4.79 Å². The second-order valence-corrected chi connectivity index (χ2v) is 3.27. The molecule has 1 amide bonds. The Kier molecular flexibility index (Phi) is 3.52. The van der Waals surface area contributed by atoms with Crippen LogP contribution in [-0.2, 0) is 9.22 Å². The molecule has 0 spiro atoms. The zero-order valence-electron chi connectivity index (χ0n) is 6.80.